The number of nitrogens with one attached hydrogen (secondary N) is 1. The van der Waals surface area contributed by atoms with Gasteiger partial charge in [0.2, 0.25) is 5.91 Å². The third-order valence-corrected chi connectivity index (χ3v) is 4.40. The first-order chi connectivity index (χ1) is 13.0. The number of rotatable bonds is 8. The van der Waals surface area contributed by atoms with E-state index < -0.39 is 6.04 Å². The molecule has 2 amide bonds. The van der Waals surface area contributed by atoms with Crippen molar-refractivity contribution < 1.29 is 18.7 Å². The SMILES string of the molecule is CC[C@@H](C(=O)NC)N(Cc1ccc(F)cc1)C(=O)COc1ccccc1Cl. The highest BCUT2D eigenvalue weighted by atomic mass is 35.5. The topological polar surface area (TPSA) is 58.6 Å². The van der Waals surface area contributed by atoms with E-state index in [2.05, 4.69) is 5.32 Å². The zero-order valence-corrected chi connectivity index (χ0v) is 16.0. The minimum atomic E-state index is -0.664. The van der Waals surface area contributed by atoms with Crippen LogP contribution >= 0.6 is 11.6 Å². The van der Waals surface area contributed by atoms with Crippen molar-refractivity contribution in [1.82, 2.24) is 10.2 Å². The van der Waals surface area contributed by atoms with Crippen molar-refractivity contribution in [1.29, 1.82) is 0 Å². The molecule has 0 fully saturated rings. The number of nitrogens with zero attached hydrogens (tertiary/aromatic N) is 1. The molecule has 0 aliphatic heterocycles. The van der Waals surface area contributed by atoms with E-state index in [1.165, 1.54) is 24.1 Å². The summed E-state index contributed by atoms with van der Waals surface area (Å²) >= 11 is 6.05. The summed E-state index contributed by atoms with van der Waals surface area (Å²) in [4.78, 5) is 26.5. The zero-order valence-electron chi connectivity index (χ0n) is 15.2. The summed E-state index contributed by atoms with van der Waals surface area (Å²) in [5.41, 5.74) is 0.713. The quantitative estimate of drug-likeness (QED) is 0.749. The van der Waals surface area contributed by atoms with E-state index in [0.717, 1.165) is 0 Å². The fourth-order valence-corrected chi connectivity index (χ4v) is 2.85. The lowest BCUT2D eigenvalue weighted by Gasteiger charge is -2.30. The lowest BCUT2D eigenvalue weighted by atomic mass is 10.1. The maximum Gasteiger partial charge on any atom is 0.261 e. The van der Waals surface area contributed by atoms with Crippen molar-refractivity contribution in [3.63, 3.8) is 0 Å². The summed E-state index contributed by atoms with van der Waals surface area (Å²) in [7, 11) is 1.52. The molecule has 0 saturated carbocycles. The normalized spacial score (nSPS) is 11.6. The molecule has 0 aliphatic carbocycles. The van der Waals surface area contributed by atoms with Crippen LogP contribution in [0.3, 0.4) is 0 Å². The van der Waals surface area contributed by atoms with Gasteiger partial charge in [0.1, 0.15) is 17.6 Å². The first kappa shape index (κ1) is 20.7. The van der Waals surface area contributed by atoms with Crippen molar-refractivity contribution in [2.24, 2.45) is 0 Å². The Morgan fingerprint density at radius 1 is 1.19 bits per heavy atom. The highest BCUT2D eigenvalue weighted by molar-refractivity contribution is 6.32. The molecule has 5 nitrogen and oxygen atoms in total. The number of para-hydroxylation sites is 1. The summed E-state index contributed by atoms with van der Waals surface area (Å²) in [6.07, 6.45) is 0.429. The van der Waals surface area contributed by atoms with Crippen molar-refractivity contribution in [2.45, 2.75) is 25.9 Å². The van der Waals surface area contributed by atoms with Crippen LogP contribution in [0.1, 0.15) is 18.9 Å². The predicted octanol–water partition coefficient (Wildman–Crippen LogP) is 3.41. The number of carbonyl (C=O) groups excluding carboxylic acids is 2. The van der Waals surface area contributed by atoms with Gasteiger partial charge in [-0.1, -0.05) is 42.8 Å². The second-order valence-electron chi connectivity index (χ2n) is 5.91. The van der Waals surface area contributed by atoms with Gasteiger partial charge >= 0.3 is 0 Å². The third kappa shape index (κ3) is 5.69. The third-order valence-electron chi connectivity index (χ3n) is 4.09. The molecule has 0 radical (unpaired) electrons. The van der Waals surface area contributed by atoms with E-state index >= 15 is 0 Å². The Morgan fingerprint density at radius 2 is 1.85 bits per heavy atom. The maximum atomic E-state index is 13.2. The molecular formula is C20H22ClFN2O3. The smallest absolute Gasteiger partial charge is 0.261 e. The molecule has 2 aromatic carbocycles. The Kier molecular flexibility index (Phi) is 7.61. The second-order valence-corrected chi connectivity index (χ2v) is 6.31. The van der Waals surface area contributed by atoms with E-state index in [0.29, 0.717) is 22.8 Å². The van der Waals surface area contributed by atoms with E-state index in [1.807, 2.05) is 6.92 Å². The van der Waals surface area contributed by atoms with Gasteiger partial charge in [-0.05, 0) is 36.2 Å². The van der Waals surface area contributed by atoms with Gasteiger partial charge in [-0.15, -0.1) is 0 Å². The number of ether oxygens (including phenoxy) is 1. The van der Waals surface area contributed by atoms with Crippen molar-refractivity contribution in [2.75, 3.05) is 13.7 Å². The standard InChI is InChI=1S/C20H22ClFN2O3/c1-3-17(20(26)23-2)24(12-14-8-10-15(22)11-9-14)19(25)13-27-18-7-5-4-6-16(18)21/h4-11,17H,3,12-13H2,1-2H3,(H,23,26)/t17-/m0/s1. The molecule has 27 heavy (non-hydrogen) atoms. The van der Waals surface area contributed by atoms with E-state index in [4.69, 9.17) is 16.3 Å². The van der Waals surface area contributed by atoms with Crippen LogP contribution in [0.5, 0.6) is 5.75 Å². The Bertz CT molecular complexity index is 783. The minimum absolute atomic E-state index is 0.164. The molecule has 7 heteroatoms. The highest BCUT2D eigenvalue weighted by Gasteiger charge is 2.28. The van der Waals surface area contributed by atoms with Crippen LogP contribution in [-0.2, 0) is 16.1 Å². The minimum Gasteiger partial charge on any atom is -0.482 e. The average molecular weight is 393 g/mol. The first-order valence-electron chi connectivity index (χ1n) is 8.59. The molecular weight excluding hydrogens is 371 g/mol. The molecule has 2 aromatic rings. The molecule has 0 heterocycles. The molecule has 0 bridgehead atoms. The van der Waals surface area contributed by atoms with Crippen LogP contribution in [0.2, 0.25) is 5.02 Å². The molecule has 0 unspecified atom stereocenters. The van der Waals surface area contributed by atoms with Gasteiger partial charge in [-0.3, -0.25) is 9.59 Å². The van der Waals surface area contributed by atoms with E-state index in [1.54, 1.807) is 36.4 Å². The largest absolute Gasteiger partial charge is 0.482 e. The number of amides is 2. The maximum absolute atomic E-state index is 13.2. The van der Waals surface area contributed by atoms with Crippen molar-refractivity contribution in [3.05, 3.63) is 64.9 Å². The fourth-order valence-electron chi connectivity index (χ4n) is 2.66. The Labute approximate surface area is 163 Å². The number of benzene rings is 2. The molecule has 1 atom stereocenters. The number of likely N-dealkylation sites (N-methyl/N-ethyl adjacent to an activating group) is 1. The summed E-state index contributed by atoms with van der Waals surface area (Å²) < 4.78 is 18.7. The fraction of sp³-hybridized carbons (Fsp3) is 0.300. The van der Waals surface area contributed by atoms with Crippen LogP contribution in [0, 0.1) is 5.82 Å². The number of carbonyl (C=O) groups is 2. The van der Waals surface area contributed by atoms with E-state index in [9.17, 15) is 14.0 Å². The lowest BCUT2D eigenvalue weighted by Crippen LogP contribution is -2.49. The highest BCUT2D eigenvalue weighted by Crippen LogP contribution is 2.23. The summed E-state index contributed by atoms with van der Waals surface area (Å²) in [5, 5.41) is 2.97. The number of hydrogen-bond donors (Lipinski definition) is 1. The van der Waals surface area contributed by atoms with E-state index in [-0.39, 0.29) is 30.8 Å². The molecule has 0 aromatic heterocycles. The van der Waals surface area contributed by atoms with Gasteiger partial charge in [0.15, 0.2) is 6.61 Å². The number of hydrogen-bond acceptors (Lipinski definition) is 3. The Morgan fingerprint density at radius 3 is 2.44 bits per heavy atom. The summed E-state index contributed by atoms with van der Waals surface area (Å²) in [6.45, 7) is 1.72. The van der Waals surface area contributed by atoms with Crippen LogP contribution < -0.4 is 10.1 Å². The lowest BCUT2D eigenvalue weighted by molar-refractivity contribution is -0.142. The van der Waals surface area contributed by atoms with Crippen molar-refractivity contribution >= 4 is 23.4 Å². The van der Waals surface area contributed by atoms with Crippen LogP contribution in [0.4, 0.5) is 4.39 Å². The van der Waals surface area contributed by atoms with Crippen LogP contribution in [0.25, 0.3) is 0 Å². The predicted molar refractivity (Wildman–Crippen MR) is 102 cm³/mol. The summed E-state index contributed by atoms with van der Waals surface area (Å²) in [5.74, 6) is -0.611. The van der Waals surface area contributed by atoms with Gasteiger partial charge < -0.3 is 15.0 Å². The van der Waals surface area contributed by atoms with Gasteiger partial charge in [-0.2, -0.15) is 0 Å². The van der Waals surface area contributed by atoms with Gasteiger partial charge in [0.25, 0.3) is 5.91 Å². The van der Waals surface area contributed by atoms with Crippen LogP contribution in [0.15, 0.2) is 48.5 Å². The molecule has 1 N–H and O–H groups in total. The Hall–Kier alpha value is -2.60. The van der Waals surface area contributed by atoms with Crippen molar-refractivity contribution in [3.8, 4) is 5.75 Å². The summed E-state index contributed by atoms with van der Waals surface area (Å²) in [6, 6.07) is 12.0. The number of halogens is 2. The molecule has 0 spiro atoms. The van der Waals surface area contributed by atoms with Crippen LogP contribution in [-0.4, -0.2) is 36.4 Å². The molecule has 0 saturated heterocycles. The first-order valence-corrected chi connectivity index (χ1v) is 8.96. The second kappa shape index (κ2) is 9.92. The molecule has 2 rings (SSSR count). The van der Waals surface area contributed by atoms with Gasteiger partial charge in [0, 0.05) is 13.6 Å². The zero-order chi connectivity index (χ0) is 19.8. The van der Waals surface area contributed by atoms with Gasteiger partial charge in [0.05, 0.1) is 5.02 Å². The van der Waals surface area contributed by atoms with Gasteiger partial charge in [-0.25, -0.2) is 4.39 Å². The Balaban J connectivity index is 2.19. The average Bonchev–Trinajstić information content (AvgIpc) is 2.68. The monoisotopic (exact) mass is 392 g/mol. The molecule has 0 aliphatic rings. The molecule has 144 valence electrons.